The summed E-state index contributed by atoms with van der Waals surface area (Å²) in [5.41, 5.74) is 0.398. The Morgan fingerprint density at radius 3 is 2.69 bits per heavy atom. The van der Waals surface area contributed by atoms with Crippen molar-refractivity contribution < 1.29 is 17.9 Å². The van der Waals surface area contributed by atoms with Gasteiger partial charge in [0.1, 0.15) is 5.82 Å². The van der Waals surface area contributed by atoms with Crippen LogP contribution in [0, 0.1) is 12.7 Å². The highest BCUT2D eigenvalue weighted by molar-refractivity contribution is 7.89. The molecule has 6 heteroatoms. The first-order valence-electron chi connectivity index (χ1n) is 4.84. The summed E-state index contributed by atoms with van der Waals surface area (Å²) >= 11 is 0. The van der Waals surface area contributed by atoms with Gasteiger partial charge in [0.05, 0.1) is 4.90 Å². The third-order valence-electron chi connectivity index (χ3n) is 2.08. The Labute approximate surface area is 94.2 Å². The average Bonchev–Trinajstić information content (AvgIpc) is 2.22. The molecule has 0 heterocycles. The Bertz CT molecular complexity index is 459. The molecule has 1 rings (SSSR count). The predicted molar refractivity (Wildman–Crippen MR) is 58.0 cm³/mol. The van der Waals surface area contributed by atoms with E-state index in [1.165, 1.54) is 12.1 Å². The summed E-state index contributed by atoms with van der Waals surface area (Å²) in [6, 6.07) is 3.74. The van der Waals surface area contributed by atoms with Gasteiger partial charge in [-0.1, -0.05) is 6.07 Å². The van der Waals surface area contributed by atoms with Crippen molar-refractivity contribution in [3.05, 3.63) is 29.6 Å². The van der Waals surface area contributed by atoms with Crippen molar-refractivity contribution in [3.63, 3.8) is 0 Å². The number of sulfonamides is 1. The molecule has 0 unspecified atom stereocenters. The average molecular weight is 247 g/mol. The van der Waals surface area contributed by atoms with Gasteiger partial charge in [-0.25, -0.2) is 17.5 Å². The van der Waals surface area contributed by atoms with E-state index in [-0.39, 0.29) is 18.0 Å². The number of nitrogens with one attached hydrogen (secondary N) is 1. The van der Waals surface area contributed by atoms with Crippen molar-refractivity contribution in [2.24, 2.45) is 0 Å². The highest BCUT2D eigenvalue weighted by Gasteiger charge is 2.14. The van der Waals surface area contributed by atoms with E-state index < -0.39 is 15.8 Å². The second kappa shape index (κ2) is 5.38. The zero-order valence-electron chi connectivity index (χ0n) is 8.90. The van der Waals surface area contributed by atoms with Crippen LogP contribution in [0.1, 0.15) is 12.0 Å². The van der Waals surface area contributed by atoms with Gasteiger partial charge in [-0.2, -0.15) is 0 Å². The van der Waals surface area contributed by atoms with Gasteiger partial charge in [-0.05, 0) is 31.0 Å². The Kier molecular flexibility index (Phi) is 4.40. The molecular weight excluding hydrogens is 233 g/mol. The van der Waals surface area contributed by atoms with Crippen molar-refractivity contribution in [1.82, 2.24) is 4.72 Å². The number of hydrogen-bond acceptors (Lipinski definition) is 3. The Balaban J connectivity index is 2.86. The summed E-state index contributed by atoms with van der Waals surface area (Å²) in [6.45, 7) is 1.60. The standard InChI is InChI=1S/C10H14FNO3S/c1-8-3-4-9(7-10(8)11)16(14,15)12-5-2-6-13/h3-4,7,12-13H,2,5-6H2,1H3. The first-order valence-corrected chi connectivity index (χ1v) is 6.32. The molecule has 0 saturated carbocycles. The molecule has 16 heavy (non-hydrogen) atoms. The fourth-order valence-electron chi connectivity index (χ4n) is 1.11. The highest BCUT2D eigenvalue weighted by atomic mass is 32.2. The summed E-state index contributed by atoms with van der Waals surface area (Å²) in [4.78, 5) is -0.103. The Morgan fingerprint density at radius 1 is 1.44 bits per heavy atom. The maximum absolute atomic E-state index is 13.2. The molecule has 1 aromatic rings. The molecule has 1 aromatic carbocycles. The van der Waals surface area contributed by atoms with Crippen molar-refractivity contribution >= 4 is 10.0 Å². The lowest BCUT2D eigenvalue weighted by Crippen LogP contribution is -2.25. The molecular formula is C10H14FNO3S. The van der Waals surface area contributed by atoms with Crippen LogP contribution in [-0.4, -0.2) is 26.7 Å². The first-order chi connectivity index (χ1) is 7.47. The van der Waals surface area contributed by atoms with E-state index in [1.54, 1.807) is 6.92 Å². The molecule has 0 radical (unpaired) electrons. The lowest BCUT2D eigenvalue weighted by molar-refractivity contribution is 0.289. The number of benzene rings is 1. The fraction of sp³-hybridized carbons (Fsp3) is 0.400. The predicted octanol–water partition coefficient (Wildman–Crippen LogP) is 0.795. The number of aryl methyl sites for hydroxylation is 1. The number of halogens is 1. The topological polar surface area (TPSA) is 66.4 Å². The van der Waals surface area contributed by atoms with Gasteiger partial charge in [0.2, 0.25) is 10.0 Å². The minimum atomic E-state index is -3.67. The SMILES string of the molecule is Cc1ccc(S(=O)(=O)NCCCO)cc1F. The molecule has 0 aliphatic heterocycles. The lowest BCUT2D eigenvalue weighted by Gasteiger charge is -2.06. The Hall–Kier alpha value is -0.980. The molecule has 0 spiro atoms. The van der Waals surface area contributed by atoms with Crippen LogP contribution in [0.4, 0.5) is 4.39 Å². The lowest BCUT2D eigenvalue weighted by atomic mass is 10.2. The minimum Gasteiger partial charge on any atom is -0.396 e. The number of aliphatic hydroxyl groups excluding tert-OH is 1. The molecule has 0 amide bonds. The van der Waals surface area contributed by atoms with Crippen LogP contribution in [0.15, 0.2) is 23.1 Å². The fourth-order valence-corrected chi connectivity index (χ4v) is 2.20. The van der Waals surface area contributed by atoms with Crippen LogP contribution < -0.4 is 4.72 Å². The van der Waals surface area contributed by atoms with E-state index in [4.69, 9.17) is 5.11 Å². The zero-order valence-corrected chi connectivity index (χ0v) is 9.72. The van der Waals surface area contributed by atoms with Crippen molar-refractivity contribution in [2.75, 3.05) is 13.2 Å². The summed E-state index contributed by atoms with van der Waals surface area (Å²) in [7, 11) is -3.67. The Morgan fingerprint density at radius 2 is 2.12 bits per heavy atom. The summed E-state index contributed by atoms with van der Waals surface area (Å²) < 4.78 is 38.7. The molecule has 0 fully saturated rings. The van der Waals surface area contributed by atoms with Gasteiger partial charge in [-0.3, -0.25) is 0 Å². The van der Waals surface area contributed by atoms with Crippen LogP contribution >= 0.6 is 0 Å². The largest absolute Gasteiger partial charge is 0.396 e. The van der Waals surface area contributed by atoms with Gasteiger partial charge in [0.25, 0.3) is 0 Å². The quantitative estimate of drug-likeness (QED) is 0.756. The van der Waals surface area contributed by atoms with Crippen LogP contribution in [0.3, 0.4) is 0 Å². The second-order valence-corrected chi connectivity index (χ2v) is 5.15. The van der Waals surface area contributed by atoms with Crippen LogP contribution in [0.2, 0.25) is 0 Å². The molecule has 0 aliphatic rings. The molecule has 0 bridgehead atoms. The molecule has 0 saturated heterocycles. The highest BCUT2D eigenvalue weighted by Crippen LogP contribution is 2.13. The van der Waals surface area contributed by atoms with Crippen LogP contribution in [0.25, 0.3) is 0 Å². The third-order valence-corrected chi connectivity index (χ3v) is 3.54. The number of rotatable bonds is 5. The number of hydrogen-bond donors (Lipinski definition) is 2. The minimum absolute atomic E-state index is 0.0925. The van der Waals surface area contributed by atoms with Crippen molar-refractivity contribution in [2.45, 2.75) is 18.2 Å². The smallest absolute Gasteiger partial charge is 0.240 e. The maximum Gasteiger partial charge on any atom is 0.240 e. The van der Waals surface area contributed by atoms with Gasteiger partial charge in [0, 0.05) is 13.2 Å². The molecule has 0 atom stereocenters. The van der Waals surface area contributed by atoms with Crippen molar-refractivity contribution in [3.8, 4) is 0 Å². The monoisotopic (exact) mass is 247 g/mol. The summed E-state index contributed by atoms with van der Waals surface area (Å²) in [6.07, 6.45) is 0.327. The third kappa shape index (κ3) is 3.26. The molecule has 2 N–H and O–H groups in total. The van der Waals surface area contributed by atoms with Crippen molar-refractivity contribution in [1.29, 1.82) is 0 Å². The van der Waals surface area contributed by atoms with E-state index in [0.29, 0.717) is 12.0 Å². The maximum atomic E-state index is 13.2. The first kappa shape index (κ1) is 13.1. The number of aliphatic hydroxyl groups is 1. The molecule has 0 aromatic heterocycles. The summed E-state index contributed by atoms with van der Waals surface area (Å²) in [5, 5.41) is 8.52. The van der Waals surface area contributed by atoms with E-state index in [1.807, 2.05) is 0 Å². The molecule has 90 valence electrons. The zero-order chi connectivity index (χ0) is 12.2. The van der Waals surface area contributed by atoms with Crippen LogP contribution in [-0.2, 0) is 10.0 Å². The van der Waals surface area contributed by atoms with Gasteiger partial charge >= 0.3 is 0 Å². The van der Waals surface area contributed by atoms with E-state index in [2.05, 4.69) is 4.72 Å². The van der Waals surface area contributed by atoms with E-state index >= 15 is 0 Å². The van der Waals surface area contributed by atoms with Crippen LogP contribution in [0.5, 0.6) is 0 Å². The van der Waals surface area contributed by atoms with Gasteiger partial charge in [0.15, 0.2) is 0 Å². The second-order valence-electron chi connectivity index (χ2n) is 3.39. The van der Waals surface area contributed by atoms with Gasteiger partial charge < -0.3 is 5.11 Å². The van der Waals surface area contributed by atoms with E-state index in [0.717, 1.165) is 6.07 Å². The van der Waals surface area contributed by atoms with Gasteiger partial charge in [-0.15, -0.1) is 0 Å². The molecule has 4 nitrogen and oxygen atoms in total. The van der Waals surface area contributed by atoms with E-state index in [9.17, 15) is 12.8 Å². The normalized spacial score (nSPS) is 11.7. The molecule has 0 aliphatic carbocycles. The summed E-state index contributed by atoms with van der Waals surface area (Å²) in [5.74, 6) is -0.551.